The van der Waals surface area contributed by atoms with Gasteiger partial charge in [0.05, 0.1) is 18.4 Å². The van der Waals surface area contributed by atoms with Gasteiger partial charge in [-0.1, -0.05) is 0 Å². The van der Waals surface area contributed by atoms with E-state index in [0.29, 0.717) is 5.76 Å². The Labute approximate surface area is 119 Å². The molecule has 2 aromatic rings. The van der Waals surface area contributed by atoms with Crippen LogP contribution in [0.15, 0.2) is 41.0 Å². The van der Waals surface area contributed by atoms with Crippen LogP contribution in [0.2, 0.25) is 0 Å². The molecule has 0 radical (unpaired) electrons. The summed E-state index contributed by atoms with van der Waals surface area (Å²) in [6.07, 6.45) is 1.48. The van der Waals surface area contributed by atoms with Crippen molar-refractivity contribution in [2.45, 2.75) is 6.54 Å². The summed E-state index contributed by atoms with van der Waals surface area (Å²) >= 11 is 0. The van der Waals surface area contributed by atoms with E-state index in [1.54, 1.807) is 12.1 Å². The maximum absolute atomic E-state index is 12.9. The average molecular weight is 292 g/mol. The Morgan fingerprint density at radius 3 is 2.81 bits per heavy atom. The summed E-state index contributed by atoms with van der Waals surface area (Å²) in [5, 5.41) is 2.51. The molecule has 1 aromatic heterocycles. The third-order valence-electron chi connectivity index (χ3n) is 2.61. The van der Waals surface area contributed by atoms with Crippen LogP contribution in [0.25, 0.3) is 0 Å². The molecule has 0 bridgehead atoms. The molecular formula is C14H13FN2O4. The molecule has 0 aliphatic rings. The van der Waals surface area contributed by atoms with Crippen LogP contribution in [0.4, 0.5) is 10.1 Å². The number of carbonyl (C=O) groups is 2. The molecule has 21 heavy (non-hydrogen) atoms. The fourth-order valence-corrected chi connectivity index (χ4v) is 1.58. The molecule has 2 rings (SSSR count). The second kappa shape index (κ2) is 6.56. The molecule has 0 atom stereocenters. The molecule has 0 saturated heterocycles. The third-order valence-corrected chi connectivity index (χ3v) is 2.61. The minimum absolute atomic E-state index is 0.00948. The first-order valence-electron chi connectivity index (χ1n) is 6.07. The molecule has 7 heteroatoms. The molecule has 1 heterocycles. The number of nitrogen functional groups attached to an aromatic ring is 1. The molecular weight excluding hydrogens is 279 g/mol. The van der Waals surface area contributed by atoms with Crippen molar-refractivity contribution in [3.8, 4) is 0 Å². The number of furan rings is 1. The smallest absolute Gasteiger partial charge is 0.340 e. The summed E-state index contributed by atoms with van der Waals surface area (Å²) < 4.78 is 22.7. The predicted molar refractivity (Wildman–Crippen MR) is 71.6 cm³/mol. The minimum Gasteiger partial charge on any atom is -0.467 e. The number of ether oxygens (including phenoxy) is 1. The van der Waals surface area contributed by atoms with Gasteiger partial charge < -0.3 is 20.2 Å². The predicted octanol–water partition coefficient (Wildman–Crippen LogP) is 1.47. The number of esters is 1. The standard InChI is InChI=1S/C14H13FN2O4/c15-9-3-4-11(12(16)6-9)14(19)21-8-13(18)17-7-10-2-1-5-20-10/h1-6H,7-8,16H2,(H,17,18). The van der Waals surface area contributed by atoms with Crippen LogP contribution < -0.4 is 11.1 Å². The molecule has 0 unspecified atom stereocenters. The Balaban J connectivity index is 1.81. The van der Waals surface area contributed by atoms with E-state index in [-0.39, 0.29) is 17.8 Å². The summed E-state index contributed by atoms with van der Waals surface area (Å²) in [5.41, 5.74) is 5.46. The fraction of sp³-hybridized carbons (Fsp3) is 0.143. The molecule has 1 amide bonds. The summed E-state index contributed by atoms with van der Waals surface area (Å²) in [5.74, 6) is -1.25. The number of anilines is 1. The highest BCUT2D eigenvalue weighted by molar-refractivity contribution is 5.96. The number of hydrogen-bond acceptors (Lipinski definition) is 5. The molecule has 110 valence electrons. The van der Waals surface area contributed by atoms with E-state index >= 15 is 0 Å². The van der Waals surface area contributed by atoms with E-state index in [0.717, 1.165) is 12.1 Å². The fourth-order valence-electron chi connectivity index (χ4n) is 1.58. The van der Waals surface area contributed by atoms with Gasteiger partial charge in [-0.2, -0.15) is 0 Å². The second-order valence-electron chi connectivity index (χ2n) is 4.16. The van der Waals surface area contributed by atoms with Crippen molar-refractivity contribution in [1.29, 1.82) is 0 Å². The quantitative estimate of drug-likeness (QED) is 0.643. The van der Waals surface area contributed by atoms with E-state index in [2.05, 4.69) is 5.32 Å². The Hall–Kier alpha value is -2.83. The van der Waals surface area contributed by atoms with Gasteiger partial charge in [0.15, 0.2) is 6.61 Å². The lowest BCUT2D eigenvalue weighted by Gasteiger charge is -2.07. The maximum atomic E-state index is 12.9. The van der Waals surface area contributed by atoms with Crippen molar-refractivity contribution in [2.75, 3.05) is 12.3 Å². The highest BCUT2D eigenvalue weighted by Gasteiger charge is 2.13. The lowest BCUT2D eigenvalue weighted by molar-refractivity contribution is -0.124. The molecule has 0 spiro atoms. The maximum Gasteiger partial charge on any atom is 0.340 e. The molecule has 0 fully saturated rings. The van der Waals surface area contributed by atoms with Crippen molar-refractivity contribution in [1.82, 2.24) is 5.32 Å². The van der Waals surface area contributed by atoms with Gasteiger partial charge in [-0.3, -0.25) is 4.79 Å². The molecule has 0 aliphatic heterocycles. The second-order valence-corrected chi connectivity index (χ2v) is 4.16. The van der Waals surface area contributed by atoms with Gasteiger partial charge in [-0.05, 0) is 30.3 Å². The number of nitrogens with two attached hydrogens (primary N) is 1. The Kier molecular flexibility index (Phi) is 4.55. The van der Waals surface area contributed by atoms with Crippen molar-refractivity contribution in [3.05, 3.63) is 53.7 Å². The highest BCUT2D eigenvalue weighted by atomic mass is 19.1. The average Bonchev–Trinajstić information content (AvgIpc) is 2.95. The van der Waals surface area contributed by atoms with E-state index in [1.807, 2.05) is 0 Å². The van der Waals surface area contributed by atoms with Gasteiger partial charge in [-0.25, -0.2) is 9.18 Å². The first kappa shape index (κ1) is 14.6. The van der Waals surface area contributed by atoms with Crippen LogP contribution in [0, 0.1) is 5.82 Å². The molecule has 6 nitrogen and oxygen atoms in total. The van der Waals surface area contributed by atoms with Crippen LogP contribution in [0.5, 0.6) is 0 Å². The number of hydrogen-bond donors (Lipinski definition) is 2. The SMILES string of the molecule is Nc1cc(F)ccc1C(=O)OCC(=O)NCc1ccco1. The van der Waals surface area contributed by atoms with E-state index < -0.39 is 24.3 Å². The largest absolute Gasteiger partial charge is 0.467 e. The summed E-state index contributed by atoms with van der Waals surface area (Å²) in [6, 6.07) is 6.69. The Morgan fingerprint density at radius 2 is 2.14 bits per heavy atom. The van der Waals surface area contributed by atoms with Gasteiger partial charge in [-0.15, -0.1) is 0 Å². The zero-order valence-electron chi connectivity index (χ0n) is 11.0. The Bertz CT molecular complexity index is 640. The number of amides is 1. The van der Waals surface area contributed by atoms with Gasteiger partial charge >= 0.3 is 5.97 Å². The van der Waals surface area contributed by atoms with E-state index in [4.69, 9.17) is 14.9 Å². The van der Waals surface area contributed by atoms with E-state index in [9.17, 15) is 14.0 Å². The number of nitrogens with one attached hydrogen (secondary N) is 1. The first-order chi connectivity index (χ1) is 10.1. The molecule has 1 aromatic carbocycles. The topological polar surface area (TPSA) is 94.6 Å². The van der Waals surface area contributed by atoms with Crippen molar-refractivity contribution in [3.63, 3.8) is 0 Å². The summed E-state index contributed by atoms with van der Waals surface area (Å²) in [7, 11) is 0. The first-order valence-corrected chi connectivity index (χ1v) is 6.07. The number of rotatable bonds is 5. The van der Waals surface area contributed by atoms with Crippen LogP contribution in [-0.2, 0) is 16.1 Å². The molecule has 0 aliphatic carbocycles. The van der Waals surface area contributed by atoms with Gasteiger partial charge in [0.1, 0.15) is 11.6 Å². The number of halogens is 1. The van der Waals surface area contributed by atoms with Gasteiger partial charge in [0, 0.05) is 5.69 Å². The molecule has 3 N–H and O–H groups in total. The zero-order chi connectivity index (χ0) is 15.2. The van der Waals surface area contributed by atoms with Crippen molar-refractivity contribution >= 4 is 17.6 Å². The monoisotopic (exact) mass is 292 g/mol. The Morgan fingerprint density at radius 1 is 1.33 bits per heavy atom. The van der Waals surface area contributed by atoms with Crippen LogP contribution >= 0.6 is 0 Å². The van der Waals surface area contributed by atoms with Crippen molar-refractivity contribution in [2.24, 2.45) is 0 Å². The highest BCUT2D eigenvalue weighted by Crippen LogP contribution is 2.14. The summed E-state index contributed by atoms with van der Waals surface area (Å²) in [4.78, 5) is 23.2. The third kappa shape index (κ3) is 4.07. The van der Waals surface area contributed by atoms with Crippen LogP contribution in [0.1, 0.15) is 16.1 Å². The lowest BCUT2D eigenvalue weighted by Crippen LogP contribution is -2.28. The van der Waals surface area contributed by atoms with Gasteiger partial charge in [0.25, 0.3) is 5.91 Å². The van der Waals surface area contributed by atoms with Gasteiger partial charge in [0.2, 0.25) is 0 Å². The number of benzene rings is 1. The normalized spacial score (nSPS) is 10.1. The van der Waals surface area contributed by atoms with Crippen LogP contribution in [-0.4, -0.2) is 18.5 Å². The molecule has 0 saturated carbocycles. The zero-order valence-corrected chi connectivity index (χ0v) is 11.0. The van der Waals surface area contributed by atoms with E-state index in [1.165, 1.54) is 12.3 Å². The number of carbonyl (C=O) groups excluding carboxylic acids is 2. The lowest BCUT2D eigenvalue weighted by atomic mass is 10.2. The van der Waals surface area contributed by atoms with Crippen molar-refractivity contribution < 1.29 is 23.1 Å². The van der Waals surface area contributed by atoms with Crippen LogP contribution in [0.3, 0.4) is 0 Å². The summed E-state index contributed by atoms with van der Waals surface area (Å²) in [6.45, 7) is -0.265. The minimum atomic E-state index is -0.791.